The molecule has 0 rings (SSSR count). The van der Waals surface area contributed by atoms with Gasteiger partial charge in [0.1, 0.15) is 18.1 Å². The third-order valence-electron chi connectivity index (χ3n) is 1.95. The minimum atomic E-state index is -1.21. The highest BCUT2D eigenvalue weighted by molar-refractivity contribution is 8.76. The molecule has 0 aliphatic rings. The van der Waals surface area contributed by atoms with Gasteiger partial charge in [0.2, 0.25) is 5.91 Å². The van der Waals surface area contributed by atoms with Crippen molar-refractivity contribution in [1.82, 2.24) is 0 Å². The first kappa shape index (κ1) is 23.7. The van der Waals surface area contributed by atoms with Crippen molar-refractivity contribution in [3.05, 3.63) is 0 Å². The monoisotopic (exact) mass is 372 g/mol. The quantitative estimate of drug-likeness (QED) is 0.155. The van der Waals surface area contributed by atoms with Crippen molar-refractivity contribution in [1.29, 1.82) is 0 Å². The fourth-order valence-electron chi connectivity index (χ4n) is 0.689. The van der Waals surface area contributed by atoms with Crippen LogP contribution in [-0.2, 0) is 19.2 Å². The molecule has 11 nitrogen and oxygen atoms in total. The Kier molecular flexibility index (Phi) is 13.4. The second-order valence-electron chi connectivity index (χ2n) is 4.07. The summed E-state index contributed by atoms with van der Waals surface area (Å²) in [5.74, 6) is -3.60. The largest absolute Gasteiger partial charge is 0.480 e. The summed E-state index contributed by atoms with van der Waals surface area (Å²) < 4.78 is 0. The van der Waals surface area contributed by atoms with Crippen molar-refractivity contribution in [3.8, 4) is 0 Å². The Labute approximate surface area is 139 Å². The Morgan fingerprint density at radius 3 is 1.22 bits per heavy atom. The van der Waals surface area contributed by atoms with Gasteiger partial charge in [0.05, 0.1) is 6.42 Å². The van der Waals surface area contributed by atoms with Crippen LogP contribution in [0.3, 0.4) is 0 Å². The Hall–Kier alpha value is -1.54. The topological polar surface area (TPSA) is 233 Å². The number of rotatable bonds is 10. The molecule has 13 heteroatoms. The smallest absolute Gasteiger partial charge is 0.321 e. The normalized spacial score (nSPS) is 13.9. The highest BCUT2D eigenvalue weighted by Crippen LogP contribution is 2.22. The van der Waals surface area contributed by atoms with Crippen LogP contribution in [0.1, 0.15) is 6.42 Å². The van der Waals surface area contributed by atoms with Crippen LogP contribution in [-0.4, -0.2) is 68.8 Å². The molecular formula is C10H20N4O7S2. The highest BCUT2D eigenvalue weighted by atomic mass is 33.1. The fourth-order valence-corrected chi connectivity index (χ4v) is 2.92. The summed E-state index contributed by atoms with van der Waals surface area (Å²) in [4.78, 5) is 40.4. The van der Waals surface area contributed by atoms with Gasteiger partial charge in [0, 0.05) is 11.5 Å². The first-order chi connectivity index (χ1) is 10.5. The lowest BCUT2D eigenvalue weighted by atomic mass is 10.2. The van der Waals surface area contributed by atoms with E-state index in [0.717, 1.165) is 0 Å². The van der Waals surface area contributed by atoms with Crippen LogP contribution in [0.5, 0.6) is 0 Å². The third-order valence-corrected chi connectivity index (χ3v) is 4.42. The number of hydrogen-bond acceptors (Lipinski definition) is 9. The standard InChI is InChI=1S/C6H12N2O4S2.C4H8N2O3/c7-3(5(9)10)1-13-14-2-4(8)6(11)12;5-2(4(8)9)1-3(6)7/h3-4H,1-2,7-8H2,(H,9,10)(H,11,12);2H,1,5H2,(H2,6,7)(H,8,9). The van der Waals surface area contributed by atoms with E-state index in [9.17, 15) is 19.2 Å². The van der Waals surface area contributed by atoms with E-state index >= 15 is 0 Å². The van der Waals surface area contributed by atoms with E-state index in [0.29, 0.717) is 0 Å². The summed E-state index contributed by atoms with van der Waals surface area (Å²) in [5, 5.41) is 24.9. The molecule has 11 N–H and O–H groups in total. The zero-order chi connectivity index (χ0) is 18.6. The lowest BCUT2D eigenvalue weighted by Crippen LogP contribution is -2.34. The van der Waals surface area contributed by atoms with Gasteiger partial charge in [-0.1, -0.05) is 21.6 Å². The van der Waals surface area contributed by atoms with Crippen molar-refractivity contribution >= 4 is 45.4 Å². The van der Waals surface area contributed by atoms with Gasteiger partial charge in [-0.15, -0.1) is 0 Å². The molecule has 0 aromatic carbocycles. The molecule has 0 aromatic rings. The number of carboxylic acids is 3. The lowest BCUT2D eigenvalue weighted by Gasteiger charge is -2.07. The number of aliphatic carboxylic acids is 3. The molecule has 23 heavy (non-hydrogen) atoms. The Morgan fingerprint density at radius 2 is 1.04 bits per heavy atom. The van der Waals surface area contributed by atoms with Gasteiger partial charge in [-0.05, 0) is 0 Å². The molecule has 3 unspecified atom stereocenters. The average Bonchev–Trinajstić information content (AvgIpc) is 2.42. The predicted octanol–water partition coefficient (Wildman–Crippen LogP) is -2.53. The van der Waals surface area contributed by atoms with E-state index in [4.69, 9.17) is 32.5 Å². The summed E-state index contributed by atoms with van der Waals surface area (Å²) in [6, 6.07) is -3.01. The van der Waals surface area contributed by atoms with E-state index in [-0.39, 0.29) is 17.9 Å². The molecule has 0 aliphatic carbocycles. The van der Waals surface area contributed by atoms with Gasteiger partial charge in [-0.3, -0.25) is 19.2 Å². The molecule has 0 fully saturated rings. The van der Waals surface area contributed by atoms with Crippen molar-refractivity contribution in [2.45, 2.75) is 24.5 Å². The zero-order valence-corrected chi connectivity index (χ0v) is 13.6. The van der Waals surface area contributed by atoms with Gasteiger partial charge in [-0.25, -0.2) is 0 Å². The molecular weight excluding hydrogens is 352 g/mol. The Bertz CT molecular complexity index is 402. The van der Waals surface area contributed by atoms with E-state index < -0.39 is 41.9 Å². The van der Waals surface area contributed by atoms with Crippen LogP contribution in [0, 0.1) is 0 Å². The molecule has 0 radical (unpaired) electrons. The number of carboxylic acid groups (broad SMARTS) is 3. The molecule has 134 valence electrons. The van der Waals surface area contributed by atoms with Gasteiger partial charge < -0.3 is 38.3 Å². The summed E-state index contributed by atoms with van der Waals surface area (Å²) >= 11 is 0. The maximum absolute atomic E-state index is 10.3. The summed E-state index contributed by atoms with van der Waals surface area (Å²) in [6.45, 7) is 0. The molecule has 0 spiro atoms. The van der Waals surface area contributed by atoms with Crippen LogP contribution in [0.4, 0.5) is 0 Å². The van der Waals surface area contributed by atoms with Crippen LogP contribution in [0.25, 0.3) is 0 Å². The zero-order valence-electron chi connectivity index (χ0n) is 12.0. The number of hydrogen-bond donors (Lipinski definition) is 7. The van der Waals surface area contributed by atoms with Gasteiger partial charge in [-0.2, -0.15) is 0 Å². The van der Waals surface area contributed by atoms with Crippen molar-refractivity contribution in [3.63, 3.8) is 0 Å². The SMILES string of the molecule is NC(=O)CC(N)C(=O)O.NC(CSSCC(N)C(=O)O)C(=O)O. The molecule has 3 atom stereocenters. The molecule has 0 bridgehead atoms. The van der Waals surface area contributed by atoms with Gasteiger partial charge in [0.15, 0.2) is 0 Å². The lowest BCUT2D eigenvalue weighted by molar-refractivity contribution is -0.140. The van der Waals surface area contributed by atoms with E-state index in [1.807, 2.05) is 0 Å². The Balaban J connectivity index is 0. The fraction of sp³-hybridized carbons (Fsp3) is 0.600. The number of carbonyl (C=O) groups excluding carboxylic acids is 1. The van der Waals surface area contributed by atoms with Crippen LogP contribution >= 0.6 is 21.6 Å². The van der Waals surface area contributed by atoms with Crippen LogP contribution < -0.4 is 22.9 Å². The van der Waals surface area contributed by atoms with Crippen molar-refractivity contribution in [2.75, 3.05) is 11.5 Å². The first-order valence-electron chi connectivity index (χ1n) is 5.96. The van der Waals surface area contributed by atoms with Gasteiger partial charge >= 0.3 is 17.9 Å². The second-order valence-corrected chi connectivity index (χ2v) is 6.63. The number of carbonyl (C=O) groups is 4. The van der Waals surface area contributed by atoms with Crippen molar-refractivity contribution in [2.24, 2.45) is 22.9 Å². The molecule has 1 amide bonds. The second kappa shape index (κ2) is 13.0. The molecule has 0 aromatic heterocycles. The third kappa shape index (κ3) is 15.1. The van der Waals surface area contributed by atoms with Crippen LogP contribution in [0.2, 0.25) is 0 Å². The Morgan fingerprint density at radius 1 is 0.739 bits per heavy atom. The summed E-state index contributed by atoms with van der Waals surface area (Å²) in [6.07, 6.45) is -0.310. The first-order valence-corrected chi connectivity index (χ1v) is 8.45. The maximum Gasteiger partial charge on any atom is 0.321 e. The maximum atomic E-state index is 10.3. The predicted molar refractivity (Wildman–Crippen MR) is 85.6 cm³/mol. The van der Waals surface area contributed by atoms with Crippen LogP contribution in [0.15, 0.2) is 0 Å². The molecule has 0 saturated heterocycles. The number of nitrogens with two attached hydrogens (primary N) is 4. The molecule has 0 heterocycles. The number of amides is 1. The van der Waals surface area contributed by atoms with E-state index in [1.165, 1.54) is 21.6 Å². The van der Waals surface area contributed by atoms with E-state index in [2.05, 4.69) is 5.73 Å². The van der Waals surface area contributed by atoms with E-state index in [1.54, 1.807) is 0 Å². The number of primary amides is 1. The average molecular weight is 372 g/mol. The van der Waals surface area contributed by atoms with Gasteiger partial charge in [0.25, 0.3) is 0 Å². The highest BCUT2D eigenvalue weighted by Gasteiger charge is 2.14. The molecule has 0 saturated carbocycles. The minimum absolute atomic E-state index is 0.229. The molecule has 0 aliphatic heterocycles. The minimum Gasteiger partial charge on any atom is -0.480 e. The summed E-state index contributed by atoms with van der Waals surface area (Å²) in [7, 11) is 2.41. The van der Waals surface area contributed by atoms with Crippen molar-refractivity contribution < 1.29 is 34.5 Å². The summed E-state index contributed by atoms with van der Waals surface area (Å²) in [5.41, 5.74) is 20.0.